The number of pyridine rings is 2. The van der Waals surface area contributed by atoms with E-state index < -0.39 is 29.7 Å². The van der Waals surface area contributed by atoms with E-state index in [1.54, 1.807) is 41.6 Å². The fraction of sp³-hybridized carbons (Fsp3) is 0.315. The normalized spacial score (nSPS) is 17.2. The summed E-state index contributed by atoms with van der Waals surface area (Å²) < 4.78 is 12.0. The zero-order valence-corrected chi connectivity index (χ0v) is 38.6. The van der Waals surface area contributed by atoms with E-state index in [4.69, 9.17) is 14.5 Å². The number of nitrogens with one attached hydrogen (secondary N) is 1. The van der Waals surface area contributed by atoms with E-state index in [9.17, 15) is 24.0 Å². The molecule has 5 amide bonds. The Hall–Kier alpha value is -7.87. The van der Waals surface area contributed by atoms with Crippen molar-refractivity contribution in [1.29, 1.82) is 0 Å². The second-order valence-electron chi connectivity index (χ2n) is 17.9. The third kappa shape index (κ3) is 10.3. The number of piperazine rings is 1. The number of carbonyl (C=O) groups is 5. The second kappa shape index (κ2) is 20.8. The maximum absolute atomic E-state index is 13.5. The molecule has 0 saturated carbocycles. The van der Waals surface area contributed by atoms with E-state index in [1.165, 1.54) is 0 Å². The smallest absolute Gasteiger partial charge is 0.272 e. The van der Waals surface area contributed by atoms with E-state index in [1.807, 2.05) is 66.9 Å². The molecule has 2 fully saturated rings. The lowest BCUT2D eigenvalue weighted by atomic mass is 10.0. The Labute approximate surface area is 405 Å². The first-order valence-corrected chi connectivity index (χ1v) is 23.8. The number of carbonyl (C=O) groups excluding carboxylic acids is 5. The zero-order valence-electron chi connectivity index (χ0n) is 38.6. The van der Waals surface area contributed by atoms with Crippen molar-refractivity contribution in [2.75, 3.05) is 52.4 Å². The van der Waals surface area contributed by atoms with Gasteiger partial charge in [0.25, 0.3) is 17.7 Å². The van der Waals surface area contributed by atoms with Gasteiger partial charge in [0.05, 0.1) is 42.0 Å². The number of hydrogen-bond donors (Lipinski definition) is 1. The van der Waals surface area contributed by atoms with Crippen LogP contribution < -0.4 is 14.8 Å². The second-order valence-corrected chi connectivity index (χ2v) is 17.9. The summed E-state index contributed by atoms with van der Waals surface area (Å²) in [6.07, 6.45) is 8.95. The summed E-state index contributed by atoms with van der Waals surface area (Å²) in [5.74, 6) is 5.96. The molecule has 4 aliphatic heterocycles. The molecule has 1 unspecified atom stereocenters. The molecule has 70 heavy (non-hydrogen) atoms. The molecule has 4 aliphatic rings. The van der Waals surface area contributed by atoms with Crippen LogP contribution in [0.25, 0.3) is 22.3 Å². The Morgan fingerprint density at radius 3 is 2.44 bits per heavy atom. The molecular weight excluding hydrogens is 887 g/mol. The Kier molecular flexibility index (Phi) is 13.6. The Balaban J connectivity index is 0.611. The SMILES string of the molecule is O=C1CCC(N2C(=O)c3cccc(OCCCCCN4CCN(CC#Cc5ccc(OCc6ccc(C(=O)N7CCc8cnc(-c9cnc%10ccccc%10c9)nc8C7)nc6)cc5)CC4)c3C2=O)C(=O)N1. The van der Waals surface area contributed by atoms with Crippen molar-refractivity contribution in [2.24, 2.45) is 0 Å². The molecule has 0 spiro atoms. The number of piperidine rings is 1. The van der Waals surface area contributed by atoms with Gasteiger partial charge < -0.3 is 19.3 Å². The molecule has 1 N–H and O–H groups in total. The Morgan fingerprint density at radius 1 is 0.771 bits per heavy atom. The van der Waals surface area contributed by atoms with Gasteiger partial charge in [-0.3, -0.25) is 49.1 Å². The van der Waals surface area contributed by atoms with Gasteiger partial charge in [0.15, 0.2) is 5.82 Å². The number of aromatic nitrogens is 4. The molecule has 0 aliphatic carbocycles. The average molecular weight is 938 g/mol. The highest BCUT2D eigenvalue weighted by molar-refractivity contribution is 6.24. The minimum absolute atomic E-state index is 0.0705. The first kappa shape index (κ1) is 45.9. The van der Waals surface area contributed by atoms with Crippen LogP contribution >= 0.6 is 0 Å². The maximum Gasteiger partial charge on any atom is 0.272 e. The minimum atomic E-state index is -1.01. The standard InChI is InChI=1S/C54H51N9O7/c64-48-20-19-46(51(65)59-48)63-52(66)42-10-6-12-47(49(42)54(63)68)69-29-5-1-4-22-60-25-27-61(28-26-60)23-7-8-36-13-16-41(17-14-36)70-35-37-15-18-44(55-31-37)53(67)62-24-21-39-32-57-50(58-45(39)34-62)40-30-38-9-2-3-11-43(38)56-33-40/h2-3,6,9-18,30-33,46H,1,4-5,19-29,34-35H2,(H,59,64,65). The molecular formula is C54H51N9O7. The van der Waals surface area contributed by atoms with Crippen LogP contribution in [0.1, 0.15) is 85.7 Å². The van der Waals surface area contributed by atoms with Crippen molar-refractivity contribution in [1.82, 2.24) is 44.9 Å². The zero-order chi connectivity index (χ0) is 48.0. The van der Waals surface area contributed by atoms with E-state index >= 15 is 0 Å². The number of amides is 5. The summed E-state index contributed by atoms with van der Waals surface area (Å²) in [6.45, 7) is 7.20. The van der Waals surface area contributed by atoms with Gasteiger partial charge in [-0.05, 0) is 98.8 Å². The van der Waals surface area contributed by atoms with Gasteiger partial charge in [-0.2, -0.15) is 0 Å². The molecule has 16 heteroatoms. The van der Waals surface area contributed by atoms with Crippen molar-refractivity contribution in [3.8, 4) is 34.7 Å². The first-order chi connectivity index (χ1) is 34.2. The number of rotatable bonds is 14. The summed E-state index contributed by atoms with van der Waals surface area (Å²) in [6, 6.07) is 25.2. The van der Waals surface area contributed by atoms with Crippen molar-refractivity contribution < 1.29 is 33.4 Å². The van der Waals surface area contributed by atoms with Gasteiger partial charge in [-0.1, -0.05) is 42.2 Å². The first-order valence-electron chi connectivity index (χ1n) is 23.8. The summed E-state index contributed by atoms with van der Waals surface area (Å²) in [7, 11) is 0. The fourth-order valence-corrected chi connectivity index (χ4v) is 9.23. The number of ether oxygens (including phenoxy) is 2. The molecule has 2 saturated heterocycles. The summed E-state index contributed by atoms with van der Waals surface area (Å²) in [5.41, 5.74) is 6.16. The van der Waals surface area contributed by atoms with Gasteiger partial charge in [0, 0.05) is 79.8 Å². The van der Waals surface area contributed by atoms with Crippen molar-refractivity contribution in [3.05, 3.63) is 143 Å². The van der Waals surface area contributed by atoms with Gasteiger partial charge in [0.2, 0.25) is 11.8 Å². The maximum atomic E-state index is 13.5. The van der Waals surface area contributed by atoms with Crippen molar-refractivity contribution in [2.45, 2.75) is 57.7 Å². The van der Waals surface area contributed by atoms with Gasteiger partial charge in [-0.15, -0.1) is 0 Å². The van der Waals surface area contributed by atoms with Crippen LogP contribution in [0.5, 0.6) is 11.5 Å². The van der Waals surface area contributed by atoms with Gasteiger partial charge in [-0.25, -0.2) is 9.97 Å². The number of para-hydroxylation sites is 1. The van der Waals surface area contributed by atoms with Crippen LogP contribution in [0.4, 0.5) is 0 Å². The summed E-state index contributed by atoms with van der Waals surface area (Å²) in [4.78, 5) is 90.1. The molecule has 1 atom stereocenters. The van der Waals surface area contributed by atoms with Crippen molar-refractivity contribution >= 4 is 40.4 Å². The molecule has 3 aromatic heterocycles. The number of benzene rings is 3. The topological polar surface area (TPSA) is 180 Å². The number of fused-ring (bicyclic) bond motifs is 3. The van der Waals surface area contributed by atoms with Crippen LogP contribution in [-0.4, -0.2) is 128 Å². The van der Waals surface area contributed by atoms with Gasteiger partial charge in [0.1, 0.15) is 29.8 Å². The summed E-state index contributed by atoms with van der Waals surface area (Å²) >= 11 is 0. The Bertz CT molecular complexity index is 3030. The monoisotopic (exact) mass is 937 g/mol. The number of nitrogens with zero attached hydrogens (tertiary/aromatic N) is 8. The minimum Gasteiger partial charge on any atom is -0.493 e. The predicted molar refractivity (Wildman–Crippen MR) is 258 cm³/mol. The van der Waals surface area contributed by atoms with Crippen LogP contribution in [0.3, 0.4) is 0 Å². The fourth-order valence-electron chi connectivity index (χ4n) is 9.23. The number of hydrogen-bond acceptors (Lipinski definition) is 13. The lowest BCUT2D eigenvalue weighted by Gasteiger charge is -2.33. The Morgan fingerprint density at radius 2 is 1.61 bits per heavy atom. The largest absolute Gasteiger partial charge is 0.493 e. The predicted octanol–water partition coefficient (Wildman–Crippen LogP) is 5.48. The van der Waals surface area contributed by atoms with Crippen molar-refractivity contribution in [3.63, 3.8) is 0 Å². The van der Waals surface area contributed by atoms with Crippen LogP contribution in [0.2, 0.25) is 0 Å². The highest BCUT2D eigenvalue weighted by Crippen LogP contribution is 2.34. The average Bonchev–Trinajstić information content (AvgIpc) is 3.65. The van der Waals surface area contributed by atoms with E-state index in [0.29, 0.717) is 56.5 Å². The molecule has 10 rings (SSSR count). The highest BCUT2D eigenvalue weighted by atomic mass is 16.5. The number of unbranched alkanes of at least 4 members (excludes halogenated alkanes) is 2. The third-order valence-electron chi connectivity index (χ3n) is 13.2. The molecule has 354 valence electrons. The lowest BCUT2D eigenvalue weighted by Crippen LogP contribution is -2.54. The van der Waals surface area contributed by atoms with Crippen LogP contribution in [0, 0.1) is 11.8 Å². The van der Waals surface area contributed by atoms with E-state index in [0.717, 1.165) is 101 Å². The molecule has 7 heterocycles. The molecule has 6 aromatic rings. The van der Waals surface area contributed by atoms with Crippen LogP contribution in [-0.2, 0) is 29.2 Å². The van der Waals surface area contributed by atoms with E-state index in [-0.39, 0.29) is 29.9 Å². The molecule has 0 bridgehead atoms. The molecule has 0 radical (unpaired) electrons. The number of imide groups is 2. The lowest BCUT2D eigenvalue weighted by molar-refractivity contribution is -0.136. The highest BCUT2D eigenvalue weighted by Gasteiger charge is 2.46. The quantitative estimate of drug-likeness (QED) is 0.0825. The third-order valence-corrected chi connectivity index (χ3v) is 13.2. The van der Waals surface area contributed by atoms with E-state index in [2.05, 4.69) is 41.9 Å². The molecule has 3 aromatic carbocycles. The van der Waals surface area contributed by atoms with Crippen LogP contribution in [0.15, 0.2) is 104 Å². The van der Waals surface area contributed by atoms with Gasteiger partial charge >= 0.3 is 0 Å². The molecule has 16 nitrogen and oxygen atoms in total. The summed E-state index contributed by atoms with van der Waals surface area (Å²) in [5, 5.41) is 3.24.